The van der Waals surface area contributed by atoms with Crippen LogP contribution in [0.5, 0.6) is 0 Å². The van der Waals surface area contributed by atoms with E-state index in [0.29, 0.717) is 11.1 Å². The number of benzene rings is 1. The number of allylic oxidation sites excluding steroid dienone is 2. The Morgan fingerprint density at radius 3 is 2.54 bits per heavy atom. The molecule has 0 saturated heterocycles. The number of hydrogen-bond donors (Lipinski definition) is 1. The van der Waals surface area contributed by atoms with Gasteiger partial charge >= 0.3 is 11.9 Å². The minimum absolute atomic E-state index is 0.0795. The fourth-order valence-electron chi connectivity index (χ4n) is 2.90. The van der Waals surface area contributed by atoms with Gasteiger partial charge in [-0.3, -0.25) is 0 Å². The molecule has 7 nitrogen and oxygen atoms in total. The van der Waals surface area contributed by atoms with Crippen LogP contribution in [0.15, 0.2) is 41.0 Å². The van der Waals surface area contributed by atoms with Gasteiger partial charge in [0, 0.05) is 0 Å². The van der Waals surface area contributed by atoms with Crippen LogP contribution in [-0.2, 0) is 19.0 Å². The highest BCUT2D eigenvalue weighted by Crippen LogP contribution is 2.40. The number of nitriles is 1. The molecule has 0 bridgehead atoms. The summed E-state index contributed by atoms with van der Waals surface area (Å²) in [7, 11) is 1.28. The van der Waals surface area contributed by atoms with Gasteiger partial charge in [-0.2, -0.15) is 5.26 Å². The molecule has 136 valence electrons. The lowest BCUT2D eigenvalue weighted by molar-refractivity contribution is -0.139. The van der Waals surface area contributed by atoms with Crippen LogP contribution in [0.25, 0.3) is 0 Å². The molecule has 1 aromatic carbocycles. The smallest absolute Gasteiger partial charge is 0.338 e. The van der Waals surface area contributed by atoms with Crippen LogP contribution in [0.4, 0.5) is 0 Å². The van der Waals surface area contributed by atoms with Crippen LogP contribution in [-0.4, -0.2) is 25.7 Å². The van der Waals surface area contributed by atoms with Crippen molar-refractivity contribution >= 4 is 11.9 Å². The average Bonchev–Trinajstić information content (AvgIpc) is 2.59. The van der Waals surface area contributed by atoms with Crippen molar-refractivity contribution in [1.82, 2.24) is 0 Å². The number of aryl methyl sites for hydroxylation is 1. The van der Waals surface area contributed by atoms with Crippen molar-refractivity contribution in [2.75, 3.05) is 13.7 Å². The van der Waals surface area contributed by atoms with E-state index in [1.807, 2.05) is 6.07 Å². The molecule has 1 aromatic rings. The molecule has 1 atom stereocenters. The zero-order chi connectivity index (χ0) is 19.4. The molecule has 1 aliphatic heterocycles. The van der Waals surface area contributed by atoms with E-state index >= 15 is 0 Å². The zero-order valence-corrected chi connectivity index (χ0v) is 15.1. The molecule has 0 fully saturated rings. The van der Waals surface area contributed by atoms with Crippen molar-refractivity contribution in [2.24, 2.45) is 5.73 Å². The van der Waals surface area contributed by atoms with Crippen molar-refractivity contribution in [3.8, 4) is 6.07 Å². The van der Waals surface area contributed by atoms with Gasteiger partial charge in [0.1, 0.15) is 17.4 Å². The Labute approximate surface area is 151 Å². The van der Waals surface area contributed by atoms with Crippen LogP contribution in [0.1, 0.15) is 41.3 Å². The molecule has 0 radical (unpaired) electrons. The number of hydrogen-bond acceptors (Lipinski definition) is 7. The van der Waals surface area contributed by atoms with E-state index in [1.54, 1.807) is 39.0 Å². The SMILES string of the molecule is CCOC(=O)C1=C(C)OC(N)=C(C#N)C1c1cc(C)cc(C(=O)OC)c1. The lowest BCUT2D eigenvalue weighted by atomic mass is 9.82. The van der Waals surface area contributed by atoms with Gasteiger partial charge in [0.25, 0.3) is 0 Å². The van der Waals surface area contributed by atoms with Crippen molar-refractivity contribution in [2.45, 2.75) is 26.7 Å². The van der Waals surface area contributed by atoms with E-state index in [-0.39, 0.29) is 29.4 Å². The quantitative estimate of drug-likeness (QED) is 0.825. The molecule has 2 N–H and O–H groups in total. The second kappa shape index (κ2) is 7.74. The molecule has 1 heterocycles. The summed E-state index contributed by atoms with van der Waals surface area (Å²) in [6.07, 6.45) is 0. The highest BCUT2D eigenvalue weighted by molar-refractivity contribution is 5.93. The first kappa shape index (κ1) is 19.1. The van der Waals surface area contributed by atoms with Crippen molar-refractivity contribution in [3.63, 3.8) is 0 Å². The molecule has 0 amide bonds. The predicted octanol–water partition coefficient (Wildman–Crippen LogP) is 2.43. The number of nitrogens with zero attached hydrogens (tertiary/aromatic N) is 1. The van der Waals surface area contributed by atoms with Crippen molar-refractivity contribution < 1.29 is 23.8 Å². The van der Waals surface area contributed by atoms with Crippen LogP contribution in [0.3, 0.4) is 0 Å². The molecular formula is C19H20N2O5. The number of rotatable bonds is 4. The normalized spacial score (nSPS) is 16.7. The Morgan fingerprint density at radius 1 is 1.27 bits per heavy atom. The summed E-state index contributed by atoms with van der Waals surface area (Å²) in [6.45, 7) is 5.24. The molecule has 7 heteroatoms. The topological polar surface area (TPSA) is 112 Å². The summed E-state index contributed by atoms with van der Waals surface area (Å²) in [4.78, 5) is 24.4. The van der Waals surface area contributed by atoms with E-state index in [2.05, 4.69) is 0 Å². The number of methoxy groups -OCH3 is 1. The zero-order valence-electron chi connectivity index (χ0n) is 15.1. The predicted molar refractivity (Wildman–Crippen MR) is 92.5 cm³/mol. The van der Waals surface area contributed by atoms with Crippen LogP contribution in [0.2, 0.25) is 0 Å². The molecule has 0 saturated carbocycles. The van der Waals surface area contributed by atoms with Gasteiger partial charge in [0.05, 0.1) is 30.8 Å². The lowest BCUT2D eigenvalue weighted by Crippen LogP contribution is -2.25. The first-order valence-corrected chi connectivity index (χ1v) is 7.99. The number of esters is 2. The van der Waals surface area contributed by atoms with E-state index < -0.39 is 17.9 Å². The van der Waals surface area contributed by atoms with E-state index in [1.165, 1.54) is 7.11 Å². The summed E-state index contributed by atoms with van der Waals surface area (Å²) < 4.78 is 15.3. The minimum Gasteiger partial charge on any atom is -0.465 e. The highest BCUT2D eigenvalue weighted by atomic mass is 16.5. The minimum atomic E-state index is -0.795. The Morgan fingerprint density at radius 2 is 1.96 bits per heavy atom. The van der Waals surface area contributed by atoms with E-state index in [0.717, 1.165) is 5.56 Å². The fraction of sp³-hybridized carbons (Fsp3) is 0.316. The van der Waals surface area contributed by atoms with Crippen LogP contribution >= 0.6 is 0 Å². The molecule has 0 aliphatic carbocycles. The Bertz CT molecular complexity index is 861. The monoisotopic (exact) mass is 356 g/mol. The Hall–Kier alpha value is -3.27. The number of ether oxygens (including phenoxy) is 3. The van der Waals surface area contributed by atoms with E-state index in [9.17, 15) is 14.9 Å². The van der Waals surface area contributed by atoms with Gasteiger partial charge in [-0.05, 0) is 44.0 Å². The Balaban J connectivity index is 2.70. The third-order valence-electron chi connectivity index (χ3n) is 3.96. The third kappa shape index (κ3) is 3.54. The summed E-state index contributed by atoms with van der Waals surface area (Å²) in [5.74, 6) is -1.74. The summed E-state index contributed by atoms with van der Waals surface area (Å²) in [5.41, 5.74) is 7.76. The first-order chi connectivity index (χ1) is 12.3. The molecule has 26 heavy (non-hydrogen) atoms. The molecular weight excluding hydrogens is 336 g/mol. The second-order valence-corrected chi connectivity index (χ2v) is 5.74. The Kier molecular flexibility index (Phi) is 5.68. The summed E-state index contributed by atoms with van der Waals surface area (Å²) in [6, 6.07) is 7.02. The van der Waals surface area contributed by atoms with Crippen LogP contribution < -0.4 is 5.73 Å². The largest absolute Gasteiger partial charge is 0.465 e. The van der Waals surface area contributed by atoms with Gasteiger partial charge in [0.15, 0.2) is 0 Å². The van der Waals surface area contributed by atoms with Gasteiger partial charge in [-0.15, -0.1) is 0 Å². The van der Waals surface area contributed by atoms with E-state index in [4.69, 9.17) is 19.9 Å². The van der Waals surface area contributed by atoms with Crippen molar-refractivity contribution in [3.05, 3.63) is 57.7 Å². The van der Waals surface area contributed by atoms with Gasteiger partial charge < -0.3 is 19.9 Å². The van der Waals surface area contributed by atoms with Gasteiger partial charge in [-0.1, -0.05) is 6.07 Å². The maximum absolute atomic E-state index is 12.5. The maximum atomic E-state index is 12.5. The van der Waals surface area contributed by atoms with Gasteiger partial charge in [0.2, 0.25) is 5.88 Å². The highest BCUT2D eigenvalue weighted by Gasteiger charge is 2.36. The maximum Gasteiger partial charge on any atom is 0.338 e. The first-order valence-electron chi connectivity index (χ1n) is 7.99. The molecule has 1 unspecified atom stereocenters. The molecule has 2 rings (SSSR count). The third-order valence-corrected chi connectivity index (χ3v) is 3.96. The van der Waals surface area contributed by atoms with Crippen molar-refractivity contribution in [1.29, 1.82) is 5.26 Å². The average molecular weight is 356 g/mol. The number of carbonyl (C=O) groups is 2. The molecule has 1 aliphatic rings. The number of nitrogens with two attached hydrogens (primary N) is 1. The van der Waals surface area contributed by atoms with Crippen LogP contribution in [0, 0.1) is 18.3 Å². The lowest BCUT2D eigenvalue weighted by Gasteiger charge is -2.27. The fourth-order valence-corrected chi connectivity index (χ4v) is 2.90. The standard InChI is InChI=1S/C19H20N2O5/c1-5-25-19(23)15-11(3)26-17(21)14(9-20)16(15)12-6-10(2)7-13(8-12)18(22)24-4/h6-8,16H,5,21H2,1-4H3. The molecule has 0 aromatic heterocycles. The second-order valence-electron chi connectivity index (χ2n) is 5.74. The summed E-state index contributed by atoms with van der Waals surface area (Å²) in [5, 5.41) is 9.57. The van der Waals surface area contributed by atoms with Gasteiger partial charge in [-0.25, -0.2) is 9.59 Å². The number of carbonyl (C=O) groups excluding carboxylic acids is 2. The summed E-state index contributed by atoms with van der Waals surface area (Å²) >= 11 is 0. The molecule has 0 spiro atoms.